The third kappa shape index (κ3) is 3.50. The van der Waals surface area contributed by atoms with Gasteiger partial charge in [-0.3, -0.25) is 9.78 Å². The molecule has 0 aliphatic carbocycles. The molecule has 1 amide bonds. The number of amides is 1. The van der Waals surface area contributed by atoms with Crippen molar-refractivity contribution in [2.24, 2.45) is 0 Å². The topological polar surface area (TPSA) is 49.0 Å². The molecule has 150 valence electrons. The van der Waals surface area contributed by atoms with Gasteiger partial charge in [0.05, 0.1) is 18.2 Å². The summed E-state index contributed by atoms with van der Waals surface area (Å²) < 4.78 is 0. The van der Waals surface area contributed by atoms with Crippen LogP contribution in [0.25, 0.3) is 22.0 Å². The number of nitrogens with zero attached hydrogens (tertiary/aromatic N) is 2. The normalized spacial score (nSPS) is 16.3. The number of hydrogen-bond acceptors (Lipinski definition) is 2. The van der Waals surface area contributed by atoms with E-state index < -0.39 is 0 Å². The number of H-pyrrole nitrogens is 1. The van der Waals surface area contributed by atoms with Crippen molar-refractivity contribution in [3.8, 4) is 11.1 Å². The van der Waals surface area contributed by atoms with E-state index in [1.807, 2.05) is 42.3 Å². The molecule has 2 aromatic carbocycles. The van der Waals surface area contributed by atoms with E-state index in [-0.39, 0.29) is 11.9 Å². The average molecular weight is 396 g/mol. The molecule has 0 spiro atoms. The number of rotatable bonds is 4. The Hall–Kier alpha value is -3.40. The van der Waals surface area contributed by atoms with Gasteiger partial charge in [-0.15, -0.1) is 0 Å². The highest BCUT2D eigenvalue weighted by Gasteiger charge is 2.31. The SMILES string of the molecule is Cc1cc(-c2ccccc2)cc(C2CCCN2C(=O)Cc2c[nH]c3ccccc23)n1. The standard InChI is InChI=1S/C26H25N3O/c1-18-14-20(19-8-3-2-4-9-19)15-24(28-18)25-12-7-13-29(25)26(30)16-21-17-27-23-11-6-5-10-22(21)23/h2-6,8-11,14-15,17,25,27H,7,12-13,16H2,1H3. The molecule has 0 saturated carbocycles. The Balaban J connectivity index is 1.42. The fraction of sp³-hybridized carbons (Fsp3) is 0.231. The van der Waals surface area contributed by atoms with Crippen LogP contribution in [0.1, 0.15) is 35.8 Å². The molecule has 1 aliphatic rings. The Morgan fingerprint density at radius 2 is 1.87 bits per heavy atom. The van der Waals surface area contributed by atoms with Crippen LogP contribution in [0.4, 0.5) is 0 Å². The van der Waals surface area contributed by atoms with Crippen molar-refractivity contribution < 1.29 is 4.79 Å². The summed E-state index contributed by atoms with van der Waals surface area (Å²) in [7, 11) is 0. The molecule has 1 unspecified atom stereocenters. The number of para-hydroxylation sites is 1. The summed E-state index contributed by atoms with van der Waals surface area (Å²) in [6, 6.07) is 22.8. The van der Waals surface area contributed by atoms with E-state index >= 15 is 0 Å². The molecule has 3 heterocycles. The number of likely N-dealkylation sites (tertiary alicyclic amines) is 1. The molecule has 0 radical (unpaired) electrons. The van der Waals surface area contributed by atoms with Crippen molar-refractivity contribution in [2.45, 2.75) is 32.2 Å². The van der Waals surface area contributed by atoms with Crippen LogP contribution in [0.3, 0.4) is 0 Å². The highest BCUT2D eigenvalue weighted by molar-refractivity contribution is 5.89. The molecule has 30 heavy (non-hydrogen) atoms. The van der Waals surface area contributed by atoms with Crippen molar-refractivity contribution in [3.63, 3.8) is 0 Å². The van der Waals surface area contributed by atoms with E-state index in [4.69, 9.17) is 4.98 Å². The fourth-order valence-electron chi connectivity index (χ4n) is 4.58. The minimum absolute atomic E-state index is 0.0464. The number of aromatic nitrogens is 2. The number of carbonyl (C=O) groups excluding carboxylic acids is 1. The van der Waals surface area contributed by atoms with Crippen LogP contribution in [0.5, 0.6) is 0 Å². The number of nitrogens with one attached hydrogen (secondary N) is 1. The van der Waals surface area contributed by atoms with Gasteiger partial charge in [-0.05, 0) is 54.7 Å². The molecule has 5 rings (SSSR count). The first-order valence-electron chi connectivity index (χ1n) is 10.6. The molecular formula is C26H25N3O. The molecule has 1 atom stereocenters. The Labute approximate surface area is 176 Å². The predicted molar refractivity (Wildman–Crippen MR) is 120 cm³/mol. The number of pyridine rings is 1. The van der Waals surface area contributed by atoms with Crippen LogP contribution in [-0.2, 0) is 11.2 Å². The first-order valence-corrected chi connectivity index (χ1v) is 10.6. The van der Waals surface area contributed by atoms with Crippen LogP contribution in [0.2, 0.25) is 0 Å². The third-order valence-electron chi connectivity index (χ3n) is 6.01. The van der Waals surface area contributed by atoms with Gasteiger partial charge < -0.3 is 9.88 Å². The van der Waals surface area contributed by atoms with Gasteiger partial charge in [0.25, 0.3) is 0 Å². The maximum absolute atomic E-state index is 13.3. The zero-order chi connectivity index (χ0) is 20.5. The molecule has 1 N–H and O–H groups in total. The Morgan fingerprint density at radius 3 is 2.73 bits per heavy atom. The van der Waals surface area contributed by atoms with E-state index in [0.29, 0.717) is 6.42 Å². The molecule has 4 nitrogen and oxygen atoms in total. The van der Waals surface area contributed by atoms with Gasteiger partial charge in [-0.1, -0.05) is 48.5 Å². The predicted octanol–water partition coefficient (Wildman–Crippen LogP) is 5.44. The summed E-state index contributed by atoms with van der Waals surface area (Å²) in [5.74, 6) is 0.173. The van der Waals surface area contributed by atoms with Crippen LogP contribution < -0.4 is 0 Å². The lowest BCUT2D eigenvalue weighted by molar-refractivity contribution is -0.131. The lowest BCUT2D eigenvalue weighted by Crippen LogP contribution is -2.32. The van der Waals surface area contributed by atoms with E-state index in [2.05, 4.69) is 47.4 Å². The molecule has 2 aromatic heterocycles. The molecule has 4 heteroatoms. The van der Waals surface area contributed by atoms with E-state index in [1.54, 1.807) is 0 Å². The van der Waals surface area contributed by atoms with Crippen LogP contribution in [0.15, 0.2) is 72.9 Å². The smallest absolute Gasteiger partial charge is 0.227 e. The van der Waals surface area contributed by atoms with Gasteiger partial charge in [-0.25, -0.2) is 0 Å². The summed E-state index contributed by atoms with van der Waals surface area (Å²) in [4.78, 5) is 23.4. The van der Waals surface area contributed by atoms with Gasteiger partial charge in [-0.2, -0.15) is 0 Å². The van der Waals surface area contributed by atoms with Crippen LogP contribution in [-0.4, -0.2) is 27.3 Å². The van der Waals surface area contributed by atoms with Crippen molar-refractivity contribution >= 4 is 16.8 Å². The first-order chi connectivity index (χ1) is 14.7. The molecule has 0 bridgehead atoms. The molecule has 1 saturated heterocycles. The van der Waals surface area contributed by atoms with Crippen molar-refractivity contribution in [1.82, 2.24) is 14.9 Å². The van der Waals surface area contributed by atoms with Crippen LogP contribution in [0, 0.1) is 6.92 Å². The zero-order valence-electron chi connectivity index (χ0n) is 17.1. The van der Waals surface area contributed by atoms with Gasteiger partial charge in [0.15, 0.2) is 0 Å². The number of carbonyl (C=O) groups is 1. The summed E-state index contributed by atoms with van der Waals surface area (Å²) in [6.45, 7) is 2.82. The minimum atomic E-state index is 0.0464. The Morgan fingerprint density at radius 1 is 1.07 bits per heavy atom. The monoisotopic (exact) mass is 395 g/mol. The maximum atomic E-state index is 13.3. The van der Waals surface area contributed by atoms with Gasteiger partial charge >= 0.3 is 0 Å². The second-order valence-corrected chi connectivity index (χ2v) is 8.07. The first kappa shape index (κ1) is 18.6. The van der Waals surface area contributed by atoms with Crippen LogP contribution >= 0.6 is 0 Å². The molecule has 1 aliphatic heterocycles. The third-order valence-corrected chi connectivity index (χ3v) is 6.01. The number of aromatic amines is 1. The minimum Gasteiger partial charge on any atom is -0.361 e. The molecule has 4 aromatic rings. The van der Waals surface area contributed by atoms with E-state index in [0.717, 1.165) is 52.8 Å². The van der Waals surface area contributed by atoms with E-state index in [1.165, 1.54) is 5.56 Å². The largest absolute Gasteiger partial charge is 0.361 e. The Bertz CT molecular complexity index is 1200. The summed E-state index contributed by atoms with van der Waals surface area (Å²) in [5, 5.41) is 1.13. The van der Waals surface area contributed by atoms with Gasteiger partial charge in [0.2, 0.25) is 5.91 Å². The van der Waals surface area contributed by atoms with Crippen molar-refractivity contribution in [3.05, 3.63) is 89.9 Å². The number of hydrogen-bond donors (Lipinski definition) is 1. The quantitative estimate of drug-likeness (QED) is 0.500. The molecular weight excluding hydrogens is 370 g/mol. The highest BCUT2D eigenvalue weighted by atomic mass is 16.2. The number of aryl methyl sites for hydroxylation is 1. The lowest BCUT2D eigenvalue weighted by atomic mass is 10.0. The number of fused-ring (bicyclic) bond motifs is 1. The maximum Gasteiger partial charge on any atom is 0.227 e. The highest BCUT2D eigenvalue weighted by Crippen LogP contribution is 2.34. The fourth-order valence-corrected chi connectivity index (χ4v) is 4.58. The lowest BCUT2D eigenvalue weighted by Gasteiger charge is -2.25. The van der Waals surface area contributed by atoms with Gasteiger partial charge in [0.1, 0.15) is 0 Å². The Kier molecular flexibility index (Phi) is 4.83. The second kappa shape index (κ2) is 7.79. The molecule has 1 fully saturated rings. The van der Waals surface area contributed by atoms with E-state index in [9.17, 15) is 4.79 Å². The zero-order valence-corrected chi connectivity index (χ0v) is 17.1. The van der Waals surface area contributed by atoms with Crippen molar-refractivity contribution in [1.29, 1.82) is 0 Å². The summed E-state index contributed by atoms with van der Waals surface area (Å²) in [5.41, 5.74) is 6.46. The van der Waals surface area contributed by atoms with Gasteiger partial charge in [0, 0.05) is 29.3 Å². The average Bonchev–Trinajstić information content (AvgIpc) is 3.42. The summed E-state index contributed by atoms with van der Waals surface area (Å²) >= 11 is 0. The summed E-state index contributed by atoms with van der Waals surface area (Å²) in [6.07, 6.45) is 4.36. The van der Waals surface area contributed by atoms with Crippen molar-refractivity contribution in [2.75, 3.05) is 6.54 Å². The number of benzene rings is 2. The second-order valence-electron chi connectivity index (χ2n) is 8.07.